The fourth-order valence-electron chi connectivity index (χ4n) is 2.33. The Kier molecular flexibility index (Phi) is 7.87. The van der Waals surface area contributed by atoms with Gasteiger partial charge in [0, 0.05) is 17.0 Å². The summed E-state index contributed by atoms with van der Waals surface area (Å²) in [4.78, 5) is 15.4. The fourth-order valence-corrected chi connectivity index (χ4v) is 3.97. The quantitative estimate of drug-likeness (QED) is 0.733. The second kappa shape index (κ2) is 8.88. The van der Waals surface area contributed by atoms with Crippen molar-refractivity contribution in [3.63, 3.8) is 0 Å². The minimum atomic E-state index is 0.0161. The van der Waals surface area contributed by atoms with Gasteiger partial charge in [0.2, 0.25) is 5.91 Å². The molecule has 1 aromatic rings. The zero-order valence-electron chi connectivity index (χ0n) is 13.2. The van der Waals surface area contributed by atoms with Crippen molar-refractivity contribution in [1.82, 2.24) is 10.2 Å². The van der Waals surface area contributed by atoms with Crippen molar-refractivity contribution in [3.8, 4) is 0 Å². The van der Waals surface area contributed by atoms with Crippen LogP contribution >= 0.6 is 27.3 Å². The molecule has 3 N–H and O–H groups in total. The molecule has 1 amide bonds. The molecule has 0 aliphatic carbocycles. The number of amides is 1. The maximum atomic E-state index is 12.1. The van der Waals surface area contributed by atoms with E-state index in [1.807, 2.05) is 19.9 Å². The molecule has 2 atom stereocenters. The summed E-state index contributed by atoms with van der Waals surface area (Å²) in [5.41, 5.74) is 6.33. The van der Waals surface area contributed by atoms with Crippen LogP contribution in [-0.2, 0) is 4.79 Å². The molecule has 2 unspecified atom stereocenters. The number of nitrogens with two attached hydrogens (primary N) is 1. The van der Waals surface area contributed by atoms with E-state index >= 15 is 0 Å². The molecule has 0 bridgehead atoms. The van der Waals surface area contributed by atoms with Crippen LogP contribution in [0.25, 0.3) is 0 Å². The molecule has 1 rings (SSSR count). The Hall–Kier alpha value is -0.430. The van der Waals surface area contributed by atoms with Crippen LogP contribution in [-0.4, -0.2) is 36.0 Å². The first kappa shape index (κ1) is 18.6. The molecule has 120 valence electrons. The van der Waals surface area contributed by atoms with Gasteiger partial charge in [-0.1, -0.05) is 13.8 Å². The van der Waals surface area contributed by atoms with E-state index in [1.165, 1.54) is 4.88 Å². The lowest BCUT2D eigenvalue weighted by molar-refractivity contribution is -0.123. The average Bonchev–Trinajstić information content (AvgIpc) is 2.82. The molecule has 21 heavy (non-hydrogen) atoms. The van der Waals surface area contributed by atoms with E-state index in [4.69, 9.17) is 5.73 Å². The van der Waals surface area contributed by atoms with E-state index in [9.17, 15) is 4.79 Å². The Morgan fingerprint density at radius 1 is 1.43 bits per heavy atom. The molecule has 0 fully saturated rings. The minimum Gasteiger partial charge on any atom is -0.353 e. The van der Waals surface area contributed by atoms with Crippen LogP contribution < -0.4 is 11.1 Å². The zero-order valence-corrected chi connectivity index (χ0v) is 15.6. The number of nitrogens with zero attached hydrogens (tertiary/aromatic N) is 1. The molecule has 0 saturated heterocycles. The highest BCUT2D eigenvalue weighted by Crippen LogP contribution is 2.33. The third kappa shape index (κ3) is 5.70. The Labute approximate surface area is 140 Å². The first-order valence-electron chi connectivity index (χ1n) is 7.43. The van der Waals surface area contributed by atoms with E-state index in [0.717, 1.165) is 16.8 Å². The predicted molar refractivity (Wildman–Crippen MR) is 93.6 cm³/mol. The summed E-state index contributed by atoms with van der Waals surface area (Å²) in [5.74, 6) is 0.0516. The molecular formula is C15H26BrN3OS. The smallest absolute Gasteiger partial charge is 0.234 e. The van der Waals surface area contributed by atoms with Crippen LogP contribution in [0.3, 0.4) is 0 Å². The summed E-state index contributed by atoms with van der Waals surface area (Å²) < 4.78 is 1.09. The topological polar surface area (TPSA) is 58.4 Å². The van der Waals surface area contributed by atoms with E-state index in [0.29, 0.717) is 6.54 Å². The number of nitrogens with one attached hydrogen (secondary N) is 1. The minimum absolute atomic E-state index is 0.0161. The van der Waals surface area contributed by atoms with Gasteiger partial charge in [-0.15, -0.1) is 11.3 Å². The predicted octanol–water partition coefficient (Wildman–Crippen LogP) is 3.14. The van der Waals surface area contributed by atoms with Crippen LogP contribution in [0.5, 0.6) is 0 Å². The summed E-state index contributed by atoms with van der Waals surface area (Å²) in [6.07, 6.45) is 0.877. The zero-order chi connectivity index (χ0) is 16.0. The van der Waals surface area contributed by atoms with Gasteiger partial charge in [0.1, 0.15) is 0 Å². The standard InChI is InChI=1S/C15H26BrN3OS/c1-5-11(17)15(12-7-8-13(16)21-12)19(6-2)9-14(20)18-10(3)4/h7-8,10-11,15H,5-6,9,17H2,1-4H3,(H,18,20). The molecule has 6 heteroatoms. The highest BCUT2D eigenvalue weighted by Gasteiger charge is 2.27. The molecule has 1 heterocycles. The van der Waals surface area contributed by atoms with Crippen molar-refractivity contribution < 1.29 is 4.79 Å². The lowest BCUT2D eigenvalue weighted by atomic mass is 10.0. The van der Waals surface area contributed by atoms with E-state index in [-0.39, 0.29) is 24.0 Å². The van der Waals surface area contributed by atoms with E-state index in [1.54, 1.807) is 11.3 Å². The molecule has 0 aliphatic rings. The number of likely N-dealkylation sites (N-methyl/N-ethyl adjacent to an activating group) is 1. The number of hydrogen-bond acceptors (Lipinski definition) is 4. The van der Waals surface area contributed by atoms with Crippen molar-refractivity contribution in [3.05, 3.63) is 20.8 Å². The molecule has 0 aromatic carbocycles. The van der Waals surface area contributed by atoms with E-state index in [2.05, 4.69) is 46.1 Å². The third-order valence-electron chi connectivity index (χ3n) is 3.36. The van der Waals surface area contributed by atoms with Crippen molar-refractivity contribution in [1.29, 1.82) is 0 Å². The van der Waals surface area contributed by atoms with Crippen molar-refractivity contribution in [2.45, 2.75) is 52.2 Å². The summed E-state index contributed by atoms with van der Waals surface area (Å²) >= 11 is 5.19. The molecular weight excluding hydrogens is 350 g/mol. The molecule has 0 aliphatic heterocycles. The molecule has 0 saturated carbocycles. The highest BCUT2D eigenvalue weighted by atomic mass is 79.9. The number of carbonyl (C=O) groups excluding carboxylic acids is 1. The summed E-state index contributed by atoms with van der Waals surface area (Å²) in [7, 11) is 0. The van der Waals surface area contributed by atoms with Gasteiger partial charge in [-0.3, -0.25) is 9.69 Å². The number of thiophene rings is 1. The summed E-state index contributed by atoms with van der Waals surface area (Å²) in [6.45, 7) is 9.27. The van der Waals surface area contributed by atoms with Gasteiger partial charge in [0.25, 0.3) is 0 Å². The Bertz CT molecular complexity index is 450. The lowest BCUT2D eigenvalue weighted by Crippen LogP contribution is -2.46. The second-order valence-electron chi connectivity index (χ2n) is 5.44. The van der Waals surface area contributed by atoms with Crippen LogP contribution in [0.4, 0.5) is 0 Å². The van der Waals surface area contributed by atoms with Crippen LogP contribution in [0.1, 0.15) is 45.0 Å². The summed E-state index contributed by atoms with van der Waals surface area (Å²) in [6, 6.07) is 4.39. The molecule has 0 spiro atoms. The third-order valence-corrected chi connectivity index (χ3v) is 5.05. The van der Waals surface area contributed by atoms with Crippen LogP contribution in [0, 0.1) is 0 Å². The second-order valence-corrected chi connectivity index (χ2v) is 7.94. The Balaban J connectivity index is 2.91. The number of halogens is 1. The molecule has 0 radical (unpaired) electrons. The van der Waals surface area contributed by atoms with Gasteiger partial charge >= 0.3 is 0 Å². The maximum Gasteiger partial charge on any atom is 0.234 e. The first-order valence-corrected chi connectivity index (χ1v) is 9.04. The van der Waals surface area contributed by atoms with Crippen molar-refractivity contribution in [2.75, 3.05) is 13.1 Å². The van der Waals surface area contributed by atoms with Gasteiger partial charge in [-0.25, -0.2) is 0 Å². The molecule has 1 aromatic heterocycles. The normalized spacial score (nSPS) is 14.5. The van der Waals surface area contributed by atoms with Gasteiger partial charge < -0.3 is 11.1 Å². The van der Waals surface area contributed by atoms with Gasteiger partial charge in [0.05, 0.1) is 16.4 Å². The van der Waals surface area contributed by atoms with Crippen molar-refractivity contribution in [2.24, 2.45) is 5.73 Å². The largest absolute Gasteiger partial charge is 0.353 e. The fraction of sp³-hybridized carbons (Fsp3) is 0.667. The highest BCUT2D eigenvalue weighted by molar-refractivity contribution is 9.11. The lowest BCUT2D eigenvalue weighted by Gasteiger charge is -2.33. The SMILES string of the molecule is CCC(N)C(c1ccc(Br)s1)N(CC)CC(=O)NC(C)C. The van der Waals surface area contributed by atoms with Crippen LogP contribution in [0.2, 0.25) is 0 Å². The van der Waals surface area contributed by atoms with Crippen LogP contribution in [0.15, 0.2) is 15.9 Å². The van der Waals surface area contributed by atoms with Gasteiger partial charge in [-0.05, 0) is 54.9 Å². The van der Waals surface area contributed by atoms with Gasteiger partial charge in [-0.2, -0.15) is 0 Å². The average molecular weight is 376 g/mol. The number of carbonyl (C=O) groups is 1. The first-order chi connectivity index (χ1) is 9.88. The number of rotatable bonds is 8. The van der Waals surface area contributed by atoms with Gasteiger partial charge in [0.15, 0.2) is 0 Å². The molecule has 4 nitrogen and oxygen atoms in total. The number of hydrogen-bond donors (Lipinski definition) is 2. The Morgan fingerprint density at radius 3 is 2.52 bits per heavy atom. The monoisotopic (exact) mass is 375 g/mol. The Morgan fingerprint density at radius 2 is 2.10 bits per heavy atom. The summed E-state index contributed by atoms with van der Waals surface area (Å²) in [5, 5.41) is 2.95. The van der Waals surface area contributed by atoms with Crippen molar-refractivity contribution >= 4 is 33.2 Å². The van der Waals surface area contributed by atoms with E-state index < -0.39 is 0 Å². The maximum absolute atomic E-state index is 12.1.